The highest BCUT2D eigenvalue weighted by Crippen LogP contribution is 2.39. The van der Waals surface area contributed by atoms with Gasteiger partial charge in [0.1, 0.15) is 5.69 Å². The first-order valence-electron chi connectivity index (χ1n) is 6.33. The van der Waals surface area contributed by atoms with Crippen LogP contribution in [-0.4, -0.2) is 23.3 Å². The molecule has 1 aliphatic rings. The summed E-state index contributed by atoms with van der Waals surface area (Å²) in [6.45, 7) is 3.59. The molecule has 1 aliphatic heterocycles. The number of nitrogens with zero attached hydrogens (tertiary/aromatic N) is 2. The monoisotopic (exact) mass is 316 g/mol. The van der Waals surface area contributed by atoms with Gasteiger partial charge in [0.25, 0.3) is 10.9 Å². The number of carbonyl (C=O) groups is 1. The molecule has 0 aromatic heterocycles. The maximum Gasteiger partial charge on any atom is 0.294 e. The molecule has 0 radical (unpaired) electrons. The van der Waals surface area contributed by atoms with Crippen LogP contribution in [0.25, 0.3) is 0 Å². The van der Waals surface area contributed by atoms with Crippen molar-refractivity contribution in [3.63, 3.8) is 0 Å². The number of anilines is 1. The second-order valence-corrected chi connectivity index (χ2v) is 5.78. The van der Waals surface area contributed by atoms with Crippen molar-refractivity contribution in [3.8, 4) is 0 Å². The van der Waals surface area contributed by atoms with Crippen molar-refractivity contribution < 1.29 is 9.72 Å². The van der Waals surface area contributed by atoms with Crippen LogP contribution in [0.4, 0.5) is 11.4 Å². The Bertz CT molecular complexity index is 555. The Morgan fingerprint density at radius 2 is 2.00 bits per heavy atom. The molecule has 0 aliphatic carbocycles. The lowest BCUT2D eigenvalue weighted by Crippen LogP contribution is -2.33. The average molecular weight is 317 g/mol. The van der Waals surface area contributed by atoms with Gasteiger partial charge in [0, 0.05) is 24.7 Å². The molecular formula is C13H14Cl2N2O3. The molecule has 0 amide bonds. The number of piperidine rings is 1. The van der Waals surface area contributed by atoms with Crippen molar-refractivity contribution in [2.45, 2.75) is 19.8 Å². The Morgan fingerprint density at radius 3 is 2.50 bits per heavy atom. The van der Waals surface area contributed by atoms with Crippen molar-refractivity contribution in [1.82, 2.24) is 0 Å². The van der Waals surface area contributed by atoms with Gasteiger partial charge in [0.15, 0.2) is 0 Å². The highest BCUT2D eigenvalue weighted by Gasteiger charge is 2.27. The maximum atomic E-state index is 11.2. The first-order valence-corrected chi connectivity index (χ1v) is 7.08. The van der Waals surface area contributed by atoms with Crippen LogP contribution in [0.3, 0.4) is 0 Å². The van der Waals surface area contributed by atoms with Gasteiger partial charge in [-0.3, -0.25) is 14.9 Å². The zero-order chi connectivity index (χ0) is 14.9. The molecule has 0 spiro atoms. The van der Waals surface area contributed by atoms with E-state index in [-0.39, 0.29) is 16.3 Å². The van der Waals surface area contributed by atoms with Crippen molar-refractivity contribution in [2.24, 2.45) is 5.92 Å². The Hall–Kier alpha value is -1.33. The summed E-state index contributed by atoms with van der Waals surface area (Å²) in [4.78, 5) is 23.8. The third kappa shape index (κ3) is 3.04. The molecule has 1 saturated heterocycles. The van der Waals surface area contributed by atoms with Gasteiger partial charge in [-0.05, 0) is 36.4 Å². The van der Waals surface area contributed by atoms with Gasteiger partial charge in [0.05, 0.1) is 9.95 Å². The van der Waals surface area contributed by atoms with Crippen LogP contribution in [0.5, 0.6) is 0 Å². The van der Waals surface area contributed by atoms with Crippen LogP contribution in [-0.2, 0) is 0 Å². The van der Waals surface area contributed by atoms with Gasteiger partial charge in [-0.25, -0.2) is 0 Å². The minimum atomic E-state index is -0.756. The summed E-state index contributed by atoms with van der Waals surface area (Å²) >= 11 is 11.5. The minimum Gasteiger partial charge on any atom is -0.365 e. The van der Waals surface area contributed by atoms with Crippen LogP contribution >= 0.6 is 23.2 Å². The van der Waals surface area contributed by atoms with Crippen molar-refractivity contribution in [3.05, 3.63) is 32.8 Å². The second-order valence-electron chi connectivity index (χ2n) is 5.03. The highest BCUT2D eigenvalue weighted by atomic mass is 35.5. The molecule has 1 aromatic carbocycles. The van der Waals surface area contributed by atoms with Crippen molar-refractivity contribution in [1.29, 1.82) is 0 Å². The molecule has 1 heterocycles. The van der Waals surface area contributed by atoms with Gasteiger partial charge in [-0.1, -0.05) is 18.5 Å². The van der Waals surface area contributed by atoms with Gasteiger partial charge >= 0.3 is 0 Å². The Balaban J connectivity index is 2.46. The highest BCUT2D eigenvalue weighted by molar-refractivity contribution is 6.67. The molecule has 7 heteroatoms. The van der Waals surface area contributed by atoms with E-state index >= 15 is 0 Å². The van der Waals surface area contributed by atoms with E-state index < -0.39 is 10.2 Å². The predicted molar refractivity (Wildman–Crippen MR) is 78.9 cm³/mol. The average Bonchev–Trinajstić information content (AvgIpc) is 2.39. The summed E-state index contributed by atoms with van der Waals surface area (Å²) in [5.41, 5.74) is 0.249. The van der Waals surface area contributed by atoms with E-state index in [4.69, 9.17) is 23.2 Å². The van der Waals surface area contributed by atoms with Gasteiger partial charge in [-0.2, -0.15) is 0 Å². The molecule has 2 rings (SSSR count). The smallest absolute Gasteiger partial charge is 0.294 e. The molecule has 108 valence electrons. The number of nitro groups is 1. The van der Waals surface area contributed by atoms with Crippen LogP contribution in [0.2, 0.25) is 5.02 Å². The van der Waals surface area contributed by atoms with E-state index in [2.05, 4.69) is 6.92 Å². The third-order valence-electron chi connectivity index (χ3n) is 3.57. The molecule has 0 unspecified atom stereocenters. The van der Waals surface area contributed by atoms with Gasteiger partial charge in [-0.15, -0.1) is 0 Å². The number of nitro benzene ring substituents is 1. The zero-order valence-corrected chi connectivity index (χ0v) is 12.4. The van der Waals surface area contributed by atoms with Crippen molar-refractivity contribution in [2.75, 3.05) is 18.0 Å². The predicted octanol–water partition coefficient (Wildman–Crippen LogP) is 3.86. The van der Waals surface area contributed by atoms with Gasteiger partial charge < -0.3 is 4.90 Å². The van der Waals surface area contributed by atoms with E-state index in [0.717, 1.165) is 25.9 Å². The number of halogens is 2. The fourth-order valence-corrected chi connectivity index (χ4v) is 2.83. The molecule has 0 saturated carbocycles. The van der Waals surface area contributed by atoms with E-state index in [0.29, 0.717) is 11.6 Å². The summed E-state index contributed by atoms with van der Waals surface area (Å²) < 4.78 is 0. The SMILES string of the molecule is CC1CCN(c2c(Cl)cc(C(=O)Cl)cc2[N+](=O)[O-])CC1. The number of hydrogen-bond acceptors (Lipinski definition) is 4. The number of benzene rings is 1. The fraction of sp³-hybridized carbons (Fsp3) is 0.462. The lowest BCUT2D eigenvalue weighted by molar-refractivity contribution is -0.384. The summed E-state index contributed by atoms with van der Waals surface area (Å²) in [7, 11) is 0. The van der Waals surface area contributed by atoms with Crippen molar-refractivity contribution >= 4 is 39.8 Å². The minimum absolute atomic E-state index is 0.0393. The van der Waals surface area contributed by atoms with Crippen LogP contribution in [0.1, 0.15) is 30.1 Å². The Kier molecular flexibility index (Phi) is 4.50. The van der Waals surface area contributed by atoms with Crippen LogP contribution in [0, 0.1) is 16.0 Å². The Morgan fingerprint density at radius 1 is 1.40 bits per heavy atom. The van der Waals surface area contributed by atoms with Crippen LogP contribution in [0.15, 0.2) is 12.1 Å². The Labute approximate surface area is 126 Å². The van der Waals surface area contributed by atoms with Crippen LogP contribution < -0.4 is 4.90 Å². The molecule has 1 fully saturated rings. The molecule has 1 aromatic rings. The topological polar surface area (TPSA) is 63.5 Å². The fourth-order valence-electron chi connectivity index (χ4n) is 2.38. The quantitative estimate of drug-likeness (QED) is 0.482. The lowest BCUT2D eigenvalue weighted by atomic mass is 9.98. The first kappa shape index (κ1) is 15.1. The van der Waals surface area contributed by atoms with E-state index in [1.807, 2.05) is 4.90 Å². The molecule has 0 bridgehead atoms. The molecule has 5 nitrogen and oxygen atoms in total. The molecule has 0 N–H and O–H groups in total. The zero-order valence-electron chi connectivity index (χ0n) is 10.9. The summed E-state index contributed by atoms with van der Waals surface area (Å²) in [6, 6.07) is 2.58. The number of rotatable bonds is 3. The summed E-state index contributed by atoms with van der Waals surface area (Å²) in [6.07, 6.45) is 1.92. The molecular weight excluding hydrogens is 303 g/mol. The van der Waals surface area contributed by atoms with E-state index in [1.54, 1.807) is 0 Å². The first-order chi connectivity index (χ1) is 9.40. The largest absolute Gasteiger partial charge is 0.365 e. The van der Waals surface area contributed by atoms with E-state index in [9.17, 15) is 14.9 Å². The summed E-state index contributed by atoms with van der Waals surface area (Å²) in [5, 5.41) is 10.7. The van der Waals surface area contributed by atoms with Gasteiger partial charge in [0.2, 0.25) is 0 Å². The number of carbonyl (C=O) groups excluding carboxylic acids is 1. The molecule has 20 heavy (non-hydrogen) atoms. The number of hydrogen-bond donors (Lipinski definition) is 0. The molecule has 0 atom stereocenters. The summed E-state index contributed by atoms with van der Waals surface area (Å²) in [5.74, 6) is 0.604. The van der Waals surface area contributed by atoms with E-state index in [1.165, 1.54) is 12.1 Å². The third-order valence-corrected chi connectivity index (χ3v) is 4.07. The normalized spacial score (nSPS) is 16.2. The maximum absolute atomic E-state index is 11.2. The lowest BCUT2D eigenvalue weighted by Gasteiger charge is -2.32. The standard InChI is InChI=1S/C13H14Cl2N2O3/c1-8-2-4-16(5-3-8)12-10(14)6-9(13(15)18)7-11(12)17(19)20/h6-8H,2-5H2,1H3. The second kappa shape index (κ2) is 5.97.